The molecule has 0 atom stereocenters. The van der Waals surface area contributed by atoms with Gasteiger partial charge in [-0.15, -0.1) is 5.10 Å². The number of aryl methyl sites for hydroxylation is 1. The molecule has 0 aromatic carbocycles. The van der Waals surface area contributed by atoms with E-state index in [-0.39, 0.29) is 11.4 Å². The molecule has 0 unspecified atom stereocenters. The number of ether oxygens (including phenoxy) is 1. The third-order valence-corrected chi connectivity index (χ3v) is 1.42. The molecule has 1 aromatic rings. The van der Waals surface area contributed by atoms with Crippen LogP contribution in [-0.4, -0.2) is 22.9 Å². The number of nitrogens with zero attached hydrogens (tertiary/aromatic N) is 3. The molecule has 0 radical (unpaired) electrons. The fourth-order valence-corrected chi connectivity index (χ4v) is 0.818. The lowest BCUT2D eigenvalue weighted by Gasteiger charge is -1.95. The Hall–Kier alpha value is -1.83. The highest BCUT2D eigenvalue weighted by atomic mass is 16.5. The van der Waals surface area contributed by atoms with Gasteiger partial charge in [-0.1, -0.05) is 6.57 Å². The van der Waals surface area contributed by atoms with Crippen molar-refractivity contribution in [3.8, 4) is 0 Å². The first-order valence-corrected chi connectivity index (χ1v) is 3.18. The molecule has 5 heteroatoms. The van der Waals surface area contributed by atoms with Crippen molar-refractivity contribution in [2.75, 3.05) is 7.11 Å². The number of methoxy groups -OCH3 is 1. The van der Waals surface area contributed by atoms with Crippen LogP contribution in [0.2, 0.25) is 0 Å². The van der Waals surface area contributed by atoms with Crippen LogP contribution in [0, 0.1) is 6.57 Å². The van der Waals surface area contributed by atoms with Gasteiger partial charge >= 0.3 is 5.97 Å². The van der Waals surface area contributed by atoms with Gasteiger partial charge in [0.25, 0.3) is 5.82 Å². The quantitative estimate of drug-likeness (QED) is 0.456. The first-order valence-electron chi connectivity index (χ1n) is 3.18. The highest BCUT2D eigenvalue weighted by Gasteiger charge is 2.15. The van der Waals surface area contributed by atoms with Crippen molar-refractivity contribution in [2.24, 2.45) is 7.05 Å². The van der Waals surface area contributed by atoms with Crippen molar-refractivity contribution < 1.29 is 9.53 Å². The Kier molecular flexibility index (Phi) is 2.10. The average Bonchev–Trinajstić information content (AvgIpc) is 2.45. The summed E-state index contributed by atoms with van der Waals surface area (Å²) in [5, 5.41) is 3.76. The summed E-state index contributed by atoms with van der Waals surface area (Å²) in [6, 6.07) is 0. The van der Waals surface area contributed by atoms with Gasteiger partial charge in [0.2, 0.25) is 0 Å². The van der Waals surface area contributed by atoms with Crippen LogP contribution in [0.5, 0.6) is 0 Å². The van der Waals surface area contributed by atoms with Crippen molar-refractivity contribution in [1.29, 1.82) is 0 Å². The summed E-state index contributed by atoms with van der Waals surface area (Å²) in [5.41, 5.74) is 0.204. The smallest absolute Gasteiger partial charge is 0.330 e. The number of carbonyl (C=O) groups excluding carboxylic acids is 1. The molecule has 0 aliphatic carbocycles. The van der Waals surface area contributed by atoms with Gasteiger partial charge in [-0.25, -0.2) is 9.48 Å². The maximum atomic E-state index is 11.0. The van der Waals surface area contributed by atoms with Crippen molar-refractivity contribution in [3.05, 3.63) is 23.2 Å². The number of hydrogen-bond acceptors (Lipinski definition) is 3. The summed E-state index contributed by atoms with van der Waals surface area (Å²) in [6.07, 6.45) is 1.32. The summed E-state index contributed by atoms with van der Waals surface area (Å²) in [6.45, 7) is 6.77. The van der Waals surface area contributed by atoms with E-state index in [0.717, 1.165) is 0 Å². The molecule has 62 valence electrons. The van der Waals surface area contributed by atoms with Gasteiger partial charge in [0.15, 0.2) is 0 Å². The predicted molar refractivity (Wildman–Crippen MR) is 40.8 cm³/mol. The zero-order valence-corrected chi connectivity index (χ0v) is 6.74. The number of rotatable bonds is 1. The Balaban J connectivity index is 3.18. The maximum absolute atomic E-state index is 11.0. The molecule has 0 saturated heterocycles. The van der Waals surface area contributed by atoms with Crippen LogP contribution in [0.25, 0.3) is 4.85 Å². The lowest BCUT2D eigenvalue weighted by Crippen LogP contribution is -1.99. The molecule has 0 fully saturated rings. The minimum atomic E-state index is -0.533. The summed E-state index contributed by atoms with van der Waals surface area (Å²) >= 11 is 0. The second-order valence-corrected chi connectivity index (χ2v) is 2.11. The summed E-state index contributed by atoms with van der Waals surface area (Å²) in [4.78, 5) is 14.1. The standard InChI is InChI=1S/C7H7N3O2/c1-8-6-5(7(11)12-3)4-9-10(6)2/h4H,2-3H3. The van der Waals surface area contributed by atoms with E-state index >= 15 is 0 Å². The monoisotopic (exact) mass is 165 g/mol. The Bertz CT molecular complexity index is 348. The van der Waals surface area contributed by atoms with Crippen LogP contribution < -0.4 is 0 Å². The van der Waals surface area contributed by atoms with E-state index in [1.165, 1.54) is 18.0 Å². The number of carbonyl (C=O) groups is 1. The molecule has 0 spiro atoms. The van der Waals surface area contributed by atoms with E-state index in [4.69, 9.17) is 6.57 Å². The summed E-state index contributed by atoms with van der Waals surface area (Å²) < 4.78 is 5.79. The Labute approximate surface area is 69.4 Å². The Morgan fingerprint density at radius 1 is 1.83 bits per heavy atom. The van der Waals surface area contributed by atoms with Gasteiger partial charge in [0.05, 0.1) is 20.4 Å². The zero-order chi connectivity index (χ0) is 9.14. The summed E-state index contributed by atoms with van der Waals surface area (Å²) in [7, 11) is 2.86. The topological polar surface area (TPSA) is 48.5 Å². The normalized spacial score (nSPS) is 9.08. The molecule has 0 bridgehead atoms. The first kappa shape index (κ1) is 8.27. The third-order valence-electron chi connectivity index (χ3n) is 1.42. The van der Waals surface area contributed by atoms with E-state index in [1.807, 2.05) is 0 Å². The van der Waals surface area contributed by atoms with Crippen molar-refractivity contribution >= 4 is 11.8 Å². The van der Waals surface area contributed by atoms with E-state index in [2.05, 4.69) is 14.7 Å². The summed E-state index contributed by atoms with van der Waals surface area (Å²) in [5.74, 6) is -0.337. The van der Waals surface area contributed by atoms with Crippen molar-refractivity contribution in [2.45, 2.75) is 0 Å². The van der Waals surface area contributed by atoms with Gasteiger partial charge in [0.1, 0.15) is 5.56 Å². The van der Waals surface area contributed by atoms with Crippen LogP contribution in [0.1, 0.15) is 10.4 Å². The Morgan fingerprint density at radius 2 is 2.50 bits per heavy atom. The molecule has 0 saturated carbocycles. The largest absolute Gasteiger partial charge is 0.466 e. The van der Waals surface area contributed by atoms with Crippen LogP contribution in [-0.2, 0) is 11.8 Å². The van der Waals surface area contributed by atoms with E-state index in [9.17, 15) is 4.79 Å². The van der Waals surface area contributed by atoms with Crippen LogP contribution >= 0.6 is 0 Å². The third kappa shape index (κ3) is 1.14. The molecular weight excluding hydrogens is 158 g/mol. The minimum Gasteiger partial charge on any atom is -0.466 e. The van der Waals surface area contributed by atoms with Crippen LogP contribution in [0.4, 0.5) is 5.82 Å². The second-order valence-electron chi connectivity index (χ2n) is 2.11. The molecule has 5 nitrogen and oxygen atoms in total. The minimum absolute atomic E-state index is 0.196. The average molecular weight is 165 g/mol. The van der Waals surface area contributed by atoms with Gasteiger partial charge in [-0.2, -0.15) is 0 Å². The molecule has 0 aliphatic heterocycles. The zero-order valence-electron chi connectivity index (χ0n) is 6.74. The van der Waals surface area contributed by atoms with E-state index in [1.54, 1.807) is 7.05 Å². The predicted octanol–water partition coefficient (Wildman–Crippen LogP) is 0.757. The molecule has 1 aromatic heterocycles. The second kappa shape index (κ2) is 3.05. The van der Waals surface area contributed by atoms with Crippen molar-refractivity contribution in [1.82, 2.24) is 9.78 Å². The van der Waals surface area contributed by atoms with Gasteiger partial charge < -0.3 is 9.58 Å². The molecule has 0 amide bonds. The molecule has 1 heterocycles. The maximum Gasteiger partial charge on any atom is 0.330 e. The fourth-order valence-electron chi connectivity index (χ4n) is 0.818. The van der Waals surface area contributed by atoms with E-state index in [0.29, 0.717) is 0 Å². The number of hydrogen-bond donors (Lipinski definition) is 0. The molecule has 12 heavy (non-hydrogen) atoms. The van der Waals surface area contributed by atoms with Gasteiger partial charge in [-0.3, -0.25) is 0 Å². The van der Waals surface area contributed by atoms with Crippen LogP contribution in [0.3, 0.4) is 0 Å². The van der Waals surface area contributed by atoms with Gasteiger partial charge in [-0.05, 0) is 0 Å². The highest BCUT2D eigenvalue weighted by Crippen LogP contribution is 2.17. The van der Waals surface area contributed by atoms with Gasteiger partial charge in [0, 0.05) is 0 Å². The molecule has 0 N–H and O–H groups in total. The molecule has 0 aliphatic rings. The van der Waals surface area contributed by atoms with Crippen LogP contribution in [0.15, 0.2) is 6.20 Å². The number of esters is 1. The number of aromatic nitrogens is 2. The SMILES string of the molecule is [C-]#[N+]c1c(C(=O)OC)cnn1C. The highest BCUT2D eigenvalue weighted by molar-refractivity contribution is 5.94. The first-order chi connectivity index (χ1) is 5.70. The molecule has 1 rings (SSSR count). The van der Waals surface area contributed by atoms with E-state index < -0.39 is 5.97 Å². The molecular formula is C7H7N3O2. The fraction of sp³-hybridized carbons (Fsp3) is 0.286. The lowest BCUT2D eigenvalue weighted by molar-refractivity contribution is 0.0602. The Morgan fingerprint density at radius 3 is 3.00 bits per heavy atom. The van der Waals surface area contributed by atoms with Crippen molar-refractivity contribution in [3.63, 3.8) is 0 Å². The lowest BCUT2D eigenvalue weighted by atomic mass is 10.3.